The van der Waals surface area contributed by atoms with Gasteiger partial charge >= 0.3 is 12.1 Å². The van der Waals surface area contributed by atoms with Gasteiger partial charge in [0.25, 0.3) is 5.91 Å². The summed E-state index contributed by atoms with van der Waals surface area (Å²) in [6.07, 6.45) is -5.79. The number of hydrogen-bond donors (Lipinski definition) is 1. The van der Waals surface area contributed by atoms with Crippen LogP contribution in [0.25, 0.3) is 0 Å². The van der Waals surface area contributed by atoms with Crippen LogP contribution < -0.4 is 5.48 Å². The van der Waals surface area contributed by atoms with Crippen LogP contribution in [-0.4, -0.2) is 30.2 Å². The lowest BCUT2D eigenvalue weighted by atomic mass is 10.1. The summed E-state index contributed by atoms with van der Waals surface area (Å²) in [5.74, 6) is -1.57. The van der Waals surface area contributed by atoms with Crippen molar-refractivity contribution in [1.82, 2.24) is 5.48 Å². The standard InChI is InChI=1S/C22H24F3NO5/c1-21(2,3)30-20(28)18(14-29-13-15-7-5-4-6-8-15)31-26-19(27)16-9-11-17(12-10-16)22(23,24)25/h4-12,18H,13-14H2,1-3H3,(H,26,27)/t18-/m1/s1. The SMILES string of the molecule is CC(C)(C)OC(=O)[C@@H](COCc1ccccc1)ONC(=O)c1ccc(C(F)(F)F)cc1. The number of rotatable bonds is 8. The highest BCUT2D eigenvalue weighted by Crippen LogP contribution is 2.29. The fraction of sp³-hybridized carbons (Fsp3) is 0.364. The normalized spacial score (nSPS) is 12.8. The van der Waals surface area contributed by atoms with Gasteiger partial charge in [0.15, 0.2) is 0 Å². The second-order valence-corrected chi connectivity index (χ2v) is 7.65. The molecule has 9 heteroatoms. The Kier molecular flexibility index (Phi) is 8.18. The molecular formula is C22H24F3NO5. The smallest absolute Gasteiger partial charge is 0.416 e. The Bertz CT molecular complexity index is 861. The molecule has 0 radical (unpaired) electrons. The number of esters is 1. The van der Waals surface area contributed by atoms with E-state index >= 15 is 0 Å². The summed E-state index contributed by atoms with van der Waals surface area (Å²) in [4.78, 5) is 29.8. The largest absolute Gasteiger partial charge is 0.458 e. The fourth-order valence-corrected chi connectivity index (χ4v) is 2.37. The fourth-order valence-electron chi connectivity index (χ4n) is 2.37. The monoisotopic (exact) mass is 439 g/mol. The van der Waals surface area contributed by atoms with Gasteiger partial charge in [-0.2, -0.15) is 13.2 Å². The Morgan fingerprint density at radius 1 is 0.968 bits per heavy atom. The van der Waals surface area contributed by atoms with Crippen molar-refractivity contribution in [3.8, 4) is 0 Å². The molecule has 0 bridgehead atoms. The molecule has 0 aromatic heterocycles. The third-order valence-corrected chi connectivity index (χ3v) is 3.82. The van der Waals surface area contributed by atoms with Crippen molar-refractivity contribution in [3.63, 3.8) is 0 Å². The van der Waals surface area contributed by atoms with E-state index in [1.54, 1.807) is 20.8 Å². The second-order valence-electron chi connectivity index (χ2n) is 7.65. The Hall–Kier alpha value is -2.91. The molecule has 2 aromatic rings. The molecule has 1 N–H and O–H groups in total. The quantitative estimate of drug-likeness (QED) is 0.491. The highest BCUT2D eigenvalue weighted by molar-refractivity contribution is 5.93. The number of alkyl halides is 3. The molecule has 0 aliphatic heterocycles. The van der Waals surface area contributed by atoms with E-state index in [1.165, 1.54) is 0 Å². The van der Waals surface area contributed by atoms with E-state index in [2.05, 4.69) is 5.48 Å². The number of hydroxylamine groups is 1. The highest BCUT2D eigenvalue weighted by atomic mass is 19.4. The summed E-state index contributed by atoms with van der Waals surface area (Å²) in [7, 11) is 0. The van der Waals surface area contributed by atoms with E-state index in [-0.39, 0.29) is 18.8 Å². The molecule has 0 aliphatic rings. The van der Waals surface area contributed by atoms with Crippen LogP contribution in [0.5, 0.6) is 0 Å². The van der Waals surface area contributed by atoms with Crippen molar-refractivity contribution in [3.05, 3.63) is 71.3 Å². The summed E-state index contributed by atoms with van der Waals surface area (Å²) in [6, 6.07) is 12.8. The predicted molar refractivity (Wildman–Crippen MR) is 106 cm³/mol. The van der Waals surface area contributed by atoms with Gasteiger partial charge in [0.05, 0.1) is 18.8 Å². The zero-order valence-electron chi connectivity index (χ0n) is 17.4. The number of nitrogens with one attached hydrogen (secondary N) is 1. The minimum Gasteiger partial charge on any atom is -0.458 e. The maximum Gasteiger partial charge on any atom is 0.416 e. The van der Waals surface area contributed by atoms with Crippen LogP contribution in [0.3, 0.4) is 0 Å². The van der Waals surface area contributed by atoms with Crippen molar-refractivity contribution in [2.45, 2.75) is 45.3 Å². The molecule has 2 rings (SSSR count). The average molecular weight is 439 g/mol. The van der Waals surface area contributed by atoms with Gasteiger partial charge in [-0.15, -0.1) is 0 Å². The van der Waals surface area contributed by atoms with Crippen molar-refractivity contribution < 1.29 is 37.1 Å². The Morgan fingerprint density at radius 2 is 1.58 bits per heavy atom. The van der Waals surface area contributed by atoms with Crippen LogP contribution in [0, 0.1) is 0 Å². The summed E-state index contributed by atoms with van der Waals surface area (Å²) in [6.45, 7) is 5.02. The molecule has 0 saturated heterocycles. The minimum atomic E-state index is -4.51. The van der Waals surface area contributed by atoms with E-state index in [4.69, 9.17) is 14.3 Å². The minimum absolute atomic E-state index is 0.0684. The average Bonchev–Trinajstić information content (AvgIpc) is 2.69. The molecule has 2 aromatic carbocycles. The summed E-state index contributed by atoms with van der Waals surface area (Å²) < 4.78 is 48.7. The van der Waals surface area contributed by atoms with Crippen molar-refractivity contribution in [2.24, 2.45) is 0 Å². The third kappa shape index (κ3) is 8.39. The molecule has 1 amide bonds. The van der Waals surface area contributed by atoms with Gasteiger partial charge in [0.1, 0.15) is 5.60 Å². The highest BCUT2D eigenvalue weighted by Gasteiger charge is 2.31. The Labute approximate surface area is 178 Å². The topological polar surface area (TPSA) is 73.9 Å². The van der Waals surface area contributed by atoms with Gasteiger partial charge in [-0.25, -0.2) is 10.3 Å². The van der Waals surface area contributed by atoms with Gasteiger partial charge in [0, 0.05) is 5.56 Å². The molecule has 0 saturated carbocycles. The van der Waals surface area contributed by atoms with Gasteiger partial charge < -0.3 is 9.47 Å². The van der Waals surface area contributed by atoms with E-state index in [1.807, 2.05) is 30.3 Å². The number of ether oxygens (including phenoxy) is 2. The van der Waals surface area contributed by atoms with E-state index < -0.39 is 35.3 Å². The maximum atomic E-state index is 12.6. The van der Waals surface area contributed by atoms with Crippen LogP contribution in [0.4, 0.5) is 13.2 Å². The van der Waals surface area contributed by atoms with Crippen LogP contribution >= 0.6 is 0 Å². The van der Waals surface area contributed by atoms with Gasteiger partial charge in [-0.05, 0) is 50.6 Å². The van der Waals surface area contributed by atoms with Crippen LogP contribution in [-0.2, 0) is 31.9 Å². The predicted octanol–water partition coefficient (Wildman–Crippen LogP) is 4.29. The molecule has 1 atom stereocenters. The molecule has 0 heterocycles. The molecule has 0 unspecified atom stereocenters. The summed E-state index contributed by atoms with van der Waals surface area (Å²) in [5.41, 5.74) is 1.20. The summed E-state index contributed by atoms with van der Waals surface area (Å²) >= 11 is 0. The van der Waals surface area contributed by atoms with Gasteiger partial charge in [0.2, 0.25) is 6.10 Å². The number of amides is 1. The first-order chi connectivity index (χ1) is 14.5. The van der Waals surface area contributed by atoms with Crippen LogP contribution in [0.2, 0.25) is 0 Å². The van der Waals surface area contributed by atoms with Crippen molar-refractivity contribution >= 4 is 11.9 Å². The molecule has 31 heavy (non-hydrogen) atoms. The van der Waals surface area contributed by atoms with Gasteiger partial charge in [-0.3, -0.25) is 9.63 Å². The molecule has 0 aliphatic carbocycles. The summed E-state index contributed by atoms with van der Waals surface area (Å²) in [5, 5.41) is 0. The number of carbonyl (C=O) groups is 2. The number of hydrogen-bond acceptors (Lipinski definition) is 5. The van der Waals surface area contributed by atoms with Crippen molar-refractivity contribution in [2.75, 3.05) is 6.61 Å². The number of halogens is 3. The number of carbonyl (C=O) groups excluding carboxylic acids is 2. The zero-order valence-corrected chi connectivity index (χ0v) is 17.4. The second kappa shape index (κ2) is 10.4. The molecule has 168 valence electrons. The lowest BCUT2D eigenvalue weighted by Crippen LogP contribution is -2.41. The molecule has 6 nitrogen and oxygen atoms in total. The Balaban J connectivity index is 1.98. The molecule has 0 spiro atoms. The first kappa shape index (κ1) is 24.4. The third-order valence-electron chi connectivity index (χ3n) is 3.82. The Morgan fingerprint density at radius 3 is 2.13 bits per heavy atom. The molecule has 0 fully saturated rings. The van der Waals surface area contributed by atoms with Crippen LogP contribution in [0.15, 0.2) is 54.6 Å². The first-order valence-electron chi connectivity index (χ1n) is 9.43. The lowest BCUT2D eigenvalue weighted by Gasteiger charge is -2.24. The van der Waals surface area contributed by atoms with E-state index in [9.17, 15) is 22.8 Å². The van der Waals surface area contributed by atoms with Crippen LogP contribution in [0.1, 0.15) is 42.3 Å². The van der Waals surface area contributed by atoms with E-state index in [0.717, 1.165) is 29.8 Å². The van der Waals surface area contributed by atoms with Crippen molar-refractivity contribution in [1.29, 1.82) is 0 Å². The molecular weight excluding hydrogens is 415 g/mol. The zero-order chi connectivity index (χ0) is 23.1. The van der Waals surface area contributed by atoms with E-state index in [0.29, 0.717) is 0 Å². The number of benzene rings is 2. The maximum absolute atomic E-state index is 12.6. The lowest BCUT2D eigenvalue weighted by molar-refractivity contribution is -0.177. The van der Waals surface area contributed by atoms with Gasteiger partial charge in [-0.1, -0.05) is 30.3 Å². The first-order valence-corrected chi connectivity index (χ1v) is 9.43.